The van der Waals surface area contributed by atoms with Crippen molar-refractivity contribution < 1.29 is 14.7 Å². The zero-order valence-electron chi connectivity index (χ0n) is 13.2. The Hall–Kier alpha value is -2.31. The first-order valence-corrected chi connectivity index (χ1v) is 7.98. The van der Waals surface area contributed by atoms with Crippen LogP contribution in [0.25, 0.3) is 0 Å². The molecule has 7 heteroatoms. The van der Waals surface area contributed by atoms with Crippen LogP contribution in [0.2, 0.25) is 0 Å². The number of anilines is 1. The van der Waals surface area contributed by atoms with Crippen molar-refractivity contribution in [3.05, 3.63) is 24.5 Å². The van der Waals surface area contributed by atoms with Gasteiger partial charge in [0.2, 0.25) is 0 Å². The number of nitrogens with one attached hydrogen (secondary N) is 1. The second-order valence-corrected chi connectivity index (χ2v) is 6.36. The molecule has 3 heterocycles. The van der Waals surface area contributed by atoms with Gasteiger partial charge in [-0.05, 0) is 18.6 Å². The van der Waals surface area contributed by atoms with Gasteiger partial charge in [0.15, 0.2) is 0 Å². The van der Waals surface area contributed by atoms with E-state index in [1.165, 1.54) is 0 Å². The number of carbonyl (C=O) groups is 2. The van der Waals surface area contributed by atoms with Gasteiger partial charge in [-0.25, -0.2) is 4.79 Å². The van der Waals surface area contributed by atoms with Gasteiger partial charge in [0.25, 0.3) is 0 Å². The SMILES string of the molecule is CCCNC(=O)N1C[C@H]2CN(c3ccncc3)C[C@@]2(C(=O)O)C1. The number of urea groups is 1. The molecule has 2 atom stereocenters. The number of amides is 2. The molecule has 0 spiro atoms. The largest absolute Gasteiger partial charge is 0.481 e. The van der Waals surface area contributed by atoms with Crippen LogP contribution in [0.4, 0.5) is 10.5 Å². The third-order valence-corrected chi connectivity index (χ3v) is 4.88. The predicted molar refractivity (Wildman–Crippen MR) is 85.3 cm³/mol. The number of hydrogen-bond acceptors (Lipinski definition) is 4. The number of rotatable bonds is 4. The maximum atomic E-state index is 12.2. The molecule has 124 valence electrons. The van der Waals surface area contributed by atoms with Crippen LogP contribution in [0, 0.1) is 11.3 Å². The standard InChI is InChI=1S/C16H22N4O3/c1-2-5-18-15(23)20-9-12-8-19(13-3-6-17-7-4-13)10-16(12,11-20)14(21)22/h3-4,6-7,12H,2,5,8-11H2,1H3,(H,18,23)(H,21,22)/t12-,16-/m1/s1. The Labute approximate surface area is 135 Å². The van der Waals surface area contributed by atoms with Gasteiger partial charge in [-0.15, -0.1) is 0 Å². The van der Waals surface area contributed by atoms with Crippen LogP contribution in [0.15, 0.2) is 24.5 Å². The fourth-order valence-electron chi connectivity index (χ4n) is 3.62. The molecule has 0 aromatic carbocycles. The van der Waals surface area contributed by atoms with E-state index in [0.29, 0.717) is 26.2 Å². The fourth-order valence-corrected chi connectivity index (χ4v) is 3.62. The number of fused-ring (bicyclic) bond motifs is 1. The summed E-state index contributed by atoms with van der Waals surface area (Å²) >= 11 is 0. The van der Waals surface area contributed by atoms with Crippen LogP contribution >= 0.6 is 0 Å². The first-order chi connectivity index (χ1) is 11.1. The summed E-state index contributed by atoms with van der Waals surface area (Å²) in [6.45, 7) is 4.43. The maximum Gasteiger partial charge on any atom is 0.317 e. The van der Waals surface area contributed by atoms with Gasteiger partial charge in [-0.3, -0.25) is 9.78 Å². The number of carboxylic acids is 1. The van der Waals surface area contributed by atoms with E-state index in [-0.39, 0.29) is 18.5 Å². The van der Waals surface area contributed by atoms with Crippen LogP contribution in [0.5, 0.6) is 0 Å². The molecule has 2 fully saturated rings. The molecular weight excluding hydrogens is 296 g/mol. The molecule has 1 aromatic rings. The van der Waals surface area contributed by atoms with E-state index in [1.54, 1.807) is 17.3 Å². The zero-order valence-corrected chi connectivity index (χ0v) is 13.2. The molecule has 2 aliphatic rings. The average Bonchev–Trinajstić information content (AvgIpc) is 3.09. The lowest BCUT2D eigenvalue weighted by atomic mass is 9.81. The monoisotopic (exact) mass is 318 g/mol. The summed E-state index contributed by atoms with van der Waals surface area (Å²) < 4.78 is 0. The molecule has 2 N–H and O–H groups in total. The maximum absolute atomic E-state index is 12.2. The second-order valence-electron chi connectivity index (χ2n) is 6.36. The minimum atomic E-state index is -0.882. The number of pyridine rings is 1. The summed E-state index contributed by atoms with van der Waals surface area (Å²) in [5, 5.41) is 12.7. The molecule has 7 nitrogen and oxygen atoms in total. The molecule has 0 radical (unpaired) electrons. The second kappa shape index (κ2) is 6.06. The topological polar surface area (TPSA) is 85.8 Å². The smallest absolute Gasteiger partial charge is 0.317 e. The Bertz CT molecular complexity index is 594. The van der Waals surface area contributed by atoms with Crippen LogP contribution < -0.4 is 10.2 Å². The van der Waals surface area contributed by atoms with E-state index in [4.69, 9.17) is 0 Å². The van der Waals surface area contributed by atoms with Crippen molar-refractivity contribution >= 4 is 17.7 Å². The minimum absolute atomic E-state index is 0.0551. The molecule has 0 unspecified atom stereocenters. The molecule has 0 aliphatic carbocycles. The van der Waals surface area contributed by atoms with E-state index in [2.05, 4.69) is 15.2 Å². The fraction of sp³-hybridized carbons (Fsp3) is 0.562. The summed E-state index contributed by atoms with van der Waals surface area (Å²) in [6.07, 6.45) is 4.28. The summed E-state index contributed by atoms with van der Waals surface area (Å²) in [5.74, 6) is -0.870. The van der Waals surface area contributed by atoms with Gasteiger partial charge in [0, 0.05) is 56.7 Å². The van der Waals surface area contributed by atoms with Crippen LogP contribution in [-0.4, -0.2) is 59.7 Å². The van der Waals surface area contributed by atoms with Crippen molar-refractivity contribution in [2.45, 2.75) is 13.3 Å². The van der Waals surface area contributed by atoms with E-state index in [9.17, 15) is 14.7 Å². The molecule has 0 bridgehead atoms. The lowest BCUT2D eigenvalue weighted by Gasteiger charge is -2.26. The summed E-state index contributed by atoms with van der Waals surface area (Å²) in [4.78, 5) is 31.9. The van der Waals surface area contributed by atoms with Gasteiger partial charge >= 0.3 is 12.0 Å². The summed E-state index contributed by atoms with van der Waals surface area (Å²) in [5.41, 5.74) is 0.101. The van der Waals surface area contributed by atoms with Crippen molar-refractivity contribution in [1.29, 1.82) is 0 Å². The highest BCUT2D eigenvalue weighted by Crippen LogP contribution is 2.44. The molecule has 3 rings (SSSR count). The van der Waals surface area contributed by atoms with Gasteiger partial charge in [0.05, 0.1) is 0 Å². The number of nitrogens with zero attached hydrogens (tertiary/aromatic N) is 3. The molecule has 2 saturated heterocycles. The lowest BCUT2D eigenvalue weighted by Crippen LogP contribution is -2.44. The predicted octanol–water partition coefficient (Wildman–Crippen LogP) is 1.02. The van der Waals surface area contributed by atoms with Crippen LogP contribution in [0.1, 0.15) is 13.3 Å². The number of likely N-dealkylation sites (tertiary alicyclic amines) is 1. The molecule has 2 aliphatic heterocycles. The molecule has 1 aromatic heterocycles. The molecule has 0 saturated carbocycles. The van der Waals surface area contributed by atoms with Gasteiger partial charge in [0.1, 0.15) is 5.41 Å². The third kappa shape index (κ3) is 2.71. The Morgan fingerprint density at radius 3 is 2.70 bits per heavy atom. The molecule has 2 amide bonds. The Morgan fingerprint density at radius 2 is 2.09 bits per heavy atom. The highest BCUT2D eigenvalue weighted by atomic mass is 16.4. The van der Waals surface area contributed by atoms with Gasteiger partial charge < -0.3 is 20.2 Å². The molecule has 23 heavy (non-hydrogen) atoms. The van der Waals surface area contributed by atoms with E-state index in [0.717, 1.165) is 12.1 Å². The van der Waals surface area contributed by atoms with Crippen molar-refractivity contribution in [1.82, 2.24) is 15.2 Å². The number of carboxylic acid groups (broad SMARTS) is 1. The first kappa shape index (κ1) is 15.6. The Morgan fingerprint density at radius 1 is 1.35 bits per heavy atom. The summed E-state index contributed by atoms with van der Waals surface area (Å²) in [7, 11) is 0. The third-order valence-electron chi connectivity index (χ3n) is 4.88. The Kier molecular flexibility index (Phi) is 4.11. The van der Waals surface area contributed by atoms with Gasteiger partial charge in [-0.1, -0.05) is 6.92 Å². The summed E-state index contributed by atoms with van der Waals surface area (Å²) in [6, 6.07) is 3.63. The van der Waals surface area contributed by atoms with Crippen molar-refractivity contribution in [2.75, 3.05) is 37.6 Å². The first-order valence-electron chi connectivity index (χ1n) is 7.98. The molecular formula is C16H22N4O3. The quantitative estimate of drug-likeness (QED) is 0.866. The highest BCUT2D eigenvalue weighted by molar-refractivity contribution is 5.82. The highest BCUT2D eigenvalue weighted by Gasteiger charge is 2.58. The number of hydrogen-bond donors (Lipinski definition) is 2. The van der Waals surface area contributed by atoms with Crippen molar-refractivity contribution in [3.8, 4) is 0 Å². The number of carbonyl (C=O) groups excluding carboxylic acids is 1. The zero-order chi connectivity index (χ0) is 16.4. The van der Waals surface area contributed by atoms with Crippen molar-refractivity contribution in [3.63, 3.8) is 0 Å². The van der Waals surface area contributed by atoms with Crippen molar-refractivity contribution in [2.24, 2.45) is 11.3 Å². The van der Waals surface area contributed by atoms with Crippen LogP contribution in [-0.2, 0) is 4.79 Å². The Balaban J connectivity index is 1.75. The van der Waals surface area contributed by atoms with E-state index in [1.807, 2.05) is 19.1 Å². The average molecular weight is 318 g/mol. The van der Waals surface area contributed by atoms with Crippen LogP contribution in [0.3, 0.4) is 0 Å². The number of aliphatic carboxylic acids is 1. The minimum Gasteiger partial charge on any atom is -0.481 e. The van der Waals surface area contributed by atoms with E-state index < -0.39 is 11.4 Å². The normalized spacial score (nSPS) is 26.2. The number of aromatic nitrogens is 1. The van der Waals surface area contributed by atoms with Gasteiger partial charge in [-0.2, -0.15) is 0 Å². The lowest BCUT2D eigenvalue weighted by molar-refractivity contribution is -0.148. The van der Waals surface area contributed by atoms with E-state index >= 15 is 0 Å².